The summed E-state index contributed by atoms with van der Waals surface area (Å²) in [4.78, 5) is 24.5. The number of para-hydroxylation sites is 1. The van der Waals surface area contributed by atoms with Crippen LogP contribution in [0.1, 0.15) is 46.6 Å². The van der Waals surface area contributed by atoms with Crippen molar-refractivity contribution in [2.75, 3.05) is 13.7 Å². The average Bonchev–Trinajstić information content (AvgIpc) is 2.73. The fourth-order valence-corrected chi connectivity index (χ4v) is 3.46. The van der Waals surface area contributed by atoms with Crippen molar-refractivity contribution in [1.29, 1.82) is 0 Å². The first-order chi connectivity index (χ1) is 15.1. The zero-order chi connectivity index (χ0) is 23.7. The van der Waals surface area contributed by atoms with Crippen LogP contribution in [0.2, 0.25) is 0 Å². The van der Waals surface area contributed by atoms with E-state index in [0.717, 1.165) is 22.4 Å². The number of carbonyl (C=O) groups excluding carboxylic acids is 2. The van der Waals surface area contributed by atoms with Crippen LogP contribution in [0.15, 0.2) is 48.5 Å². The van der Waals surface area contributed by atoms with E-state index in [2.05, 4.69) is 5.32 Å². The Morgan fingerprint density at radius 3 is 2.28 bits per heavy atom. The molecule has 0 saturated heterocycles. The molecule has 0 aromatic heterocycles. The van der Waals surface area contributed by atoms with E-state index in [4.69, 9.17) is 14.2 Å². The van der Waals surface area contributed by atoms with Crippen molar-refractivity contribution in [3.8, 4) is 16.9 Å². The molecule has 1 N–H and O–H groups in total. The number of alkyl carbamates (subject to hydrolysis) is 1. The Balaban J connectivity index is 2.16. The number of benzene rings is 2. The van der Waals surface area contributed by atoms with Gasteiger partial charge in [0.2, 0.25) is 0 Å². The van der Waals surface area contributed by atoms with E-state index in [-0.39, 0.29) is 17.9 Å². The summed E-state index contributed by atoms with van der Waals surface area (Å²) >= 11 is 0. The molecule has 32 heavy (non-hydrogen) atoms. The second kappa shape index (κ2) is 11.6. The van der Waals surface area contributed by atoms with Crippen molar-refractivity contribution < 1.29 is 23.8 Å². The fourth-order valence-electron chi connectivity index (χ4n) is 3.46. The van der Waals surface area contributed by atoms with Gasteiger partial charge in [-0.25, -0.2) is 4.79 Å². The molecule has 0 spiro atoms. The maximum absolute atomic E-state index is 12.4. The number of rotatable bonds is 9. The lowest BCUT2D eigenvalue weighted by molar-refractivity contribution is -0.147. The van der Waals surface area contributed by atoms with E-state index in [1.165, 1.54) is 0 Å². The molecule has 2 aromatic carbocycles. The van der Waals surface area contributed by atoms with Gasteiger partial charge in [-0.1, -0.05) is 49.4 Å². The molecule has 1 amide bonds. The SMILES string of the molecule is CCOC(=O)C(C)C[C@@H](Cc1ccc(-c2ccccc2OC)cc1)NC(=O)OC(C)(C)C. The highest BCUT2D eigenvalue weighted by molar-refractivity contribution is 5.73. The molecule has 1 unspecified atom stereocenters. The summed E-state index contributed by atoms with van der Waals surface area (Å²) in [5.41, 5.74) is 2.50. The Morgan fingerprint density at radius 1 is 1.03 bits per heavy atom. The predicted octanol–water partition coefficient (Wildman–Crippen LogP) is 5.39. The second-order valence-corrected chi connectivity index (χ2v) is 8.83. The van der Waals surface area contributed by atoms with E-state index in [9.17, 15) is 9.59 Å². The number of nitrogens with one attached hydrogen (secondary N) is 1. The Morgan fingerprint density at radius 2 is 1.69 bits per heavy atom. The third-order valence-corrected chi connectivity index (χ3v) is 4.90. The van der Waals surface area contributed by atoms with Crippen LogP contribution in [0.5, 0.6) is 5.75 Å². The van der Waals surface area contributed by atoms with E-state index < -0.39 is 11.7 Å². The lowest BCUT2D eigenvalue weighted by Gasteiger charge is -2.25. The topological polar surface area (TPSA) is 73.9 Å². The number of carbonyl (C=O) groups is 2. The first-order valence-corrected chi connectivity index (χ1v) is 11.0. The maximum Gasteiger partial charge on any atom is 0.407 e. The van der Waals surface area contributed by atoms with Crippen molar-refractivity contribution in [3.05, 3.63) is 54.1 Å². The molecule has 0 bridgehead atoms. The molecule has 0 saturated carbocycles. The highest BCUT2D eigenvalue weighted by Gasteiger charge is 2.24. The number of ether oxygens (including phenoxy) is 3. The standard InChI is InChI=1S/C26H35NO5/c1-7-31-24(28)18(2)16-21(27-25(29)32-26(3,4)5)17-19-12-14-20(15-13-19)22-10-8-9-11-23(22)30-6/h8-15,18,21H,7,16-17H2,1-6H3,(H,27,29)/t18?,21-/m0/s1. The van der Waals surface area contributed by atoms with Gasteiger partial charge in [0.1, 0.15) is 11.4 Å². The van der Waals surface area contributed by atoms with E-state index in [1.807, 2.05) is 76.2 Å². The smallest absolute Gasteiger partial charge is 0.407 e. The van der Waals surface area contributed by atoms with Gasteiger partial charge < -0.3 is 19.5 Å². The monoisotopic (exact) mass is 441 g/mol. The van der Waals surface area contributed by atoms with Crippen molar-refractivity contribution >= 4 is 12.1 Å². The lowest BCUT2D eigenvalue weighted by atomic mass is 9.95. The van der Waals surface area contributed by atoms with Crippen molar-refractivity contribution in [2.45, 2.75) is 59.1 Å². The van der Waals surface area contributed by atoms with E-state index >= 15 is 0 Å². The number of methoxy groups -OCH3 is 1. The average molecular weight is 442 g/mol. The number of hydrogen-bond donors (Lipinski definition) is 1. The van der Waals surface area contributed by atoms with Gasteiger partial charge in [-0.3, -0.25) is 4.79 Å². The summed E-state index contributed by atoms with van der Waals surface area (Å²) in [6, 6.07) is 15.7. The molecule has 2 aromatic rings. The van der Waals surface area contributed by atoms with Gasteiger partial charge in [0.15, 0.2) is 0 Å². The van der Waals surface area contributed by atoms with Crippen LogP contribution in [0.4, 0.5) is 4.79 Å². The second-order valence-electron chi connectivity index (χ2n) is 8.83. The van der Waals surface area contributed by atoms with Crippen LogP contribution in [0.3, 0.4) is 0 Å². The Hall–Kier alpha value is -3.02. The van der Waals surface area contributed by atoms with Gasteiger partial charge in [-0.2, -0.15) is 0 Å². The number of hydrogen-bond acceptors (Lipinski definition) is 5. The minimum absolute atomic E-state index is 0.269. The Labute approximate surface area is 191 Å². The number of amides is 1. The molecular formula is C26H35NO5. The minimum atomic E-state index is -0.599. The molecule has 2 rings (SSSR count). The van der Waals surface area contributed by atoms with Crippen LogP contribution in [0, 0.1) is 5.92 Å². The summed E-state index contributed by atoms with van der Waals surface area (Å²) in [6.45, 7) is 9.38. The first kappa shape index (κ1) is 25.2. The minimum Gasteiger partial charge on any atom is -0.496 e. The zero-order valence-corrected chi connectivity index (χ0v) is 19.9. The van der Waals surface area contributed by atoms with Gasteiger partial charge in [0, 0.05) is 11.6 Å². The zero-order valence-electron chi connectivity index (χ0n) is 19.9. The molecular weight excluding hydrogens is 406 g/mol. The fraction of sp³-hybridized carbons (Fsp3) is 0.462. The molecule has 0 aliphatic heterocycles. The van der Waals surface area contributed by atoms with Gasteiger partial charge in [0.05, 0.1) is 19.6 Å². The molecule has 0 fully saturated rings. The van der Waals surface area contributed by atoms with Crippen LogP contribution in [-0.2, 0) is 20.7 Å². The molecule has 2 atom stereocenters. The molecule has 6 nitrogen and oxygen atoms in total. The van der Waals surface area contributed by atoms with Crippen LogP contribution >= 0.6 is 0 Å². The molecule has 6 heteroatoms. The summed E-state index contributed by atoms with van der Waals surface area (Å²) in [6.07, 6.45) is 0.519. The van der Waals surface area contributed by atoms with Gasteiger partial charge in [0.25, 0.3) is 0 Å². The normalized spacial score (nSPS) is 13.1. The summed E-state index contributed by atoms with van der Waals surface area (Å²) in [5.74, 6) is 0.200. The van der Waals surface area contributed by atoms with Gasteiger partial charge in [-0.05, 0) is 57.7 Å². The summed E-state index contributed by atoms with van der Waals surface area (Å²) in [5, 5.41) is 2.93. The summed E-state index contributed by atoms with van der Waals surface area (Å²) < 4.78 is 16.0. The summed E-state index contributed by atoms with van der Waals surface area (Å²) in [7, 11) is 1.66. The Bertz CT molecular complexity index is 886. The van der Waals surface area contributed by atoms with E-state index in [0.29, 0.717) is 19.4 Å². The highest BCUT2D eigenvalue weighted by atomic mass is 16.6. The molecule has 0 aliphatic rings. The largest absolute Gasteiger partial charge is 0.496 e. The quantitative estimate of drug-likeness (QED) is 0.528. The number of esters is 1. The van der Waals surface area contributed by atoms with Crippen molar-refractivity contribution in [3.63, 3.8) is 0 Å². The lowest BCUT2D eigenvalue weighted by Crippen LogP contribution is -2.41. The van der Waals surface area contributed by atoms with Gasteiger partial charge in [-0.15, -0.1) is 0 Å². The van der Waals surface area contributed by atoms with Crippen LogP contribution < -0.4 is 10.1 Å². The van der Waals surface area contributed by atoms with Crippen molar-refractivity contribution in [2.24, 2.45) is 5.92 Å². The molecule has 0 heterocycles. The van der Waals surface area contributed by atoms with Crippen LogP contribution in [-0.4, -0.2) is 37.4 Å². The third-order valence-electron chi connectivity index (χ3n) is 4.90. The van der Waals surface area contributed by atoms with Crippen LogP contribution in [0.25, 0.3) is 11.1 Å². The van der Waals surface area contributed by atoms with Crippen molar-refractivity contribution in [1.82, 2.24) is 5.32 Å². The Kier molecular flexibility index (Phi) is 9.12. The highest BCUT2D eigenvalue weighted by Crippen LogP contribution is 2.29. The molecule has 174 valence electrons. The molecule has 0 radical (unpaired) electrons. The molecule has 0 aliphatic carbocycles. The third kappa shape index (κ3) is 7.91. The maximum atomic E-state index is 12.4. The first-order valence-electron chi connectivity index (χ1n) is 11.0. The predicted molar refractivity (Wildman–Crippen MR) is 126 cm³/mol. The van der Waals surface area contributed by atoms with E-state index in [1.54, 1.807) is 14.0 Å². The van der Waals surface area contributed by atoms with Gasteiger partial charge >= 0.3 is 12.1 Å².